The van der Waals surface area contributed by atoms with Crippen LogP contribution >= 0.6 is 11.3 Å². The zero-order valence-corrected chi connectivity index (χ0v) is 15.6. The smallest absolute Gasteiger partial charge is 0.191 e. The third-order valence-electron chi connectivity index (χ3n) is 3.93. The van der Waals surface area contributed by atoms with Crippen molar-refractivity contribution in [3.05, 3.63) is 76.5 Å². The van der Waals surface area contributed by atoms with E-state index in [1.165, 1.54) is 0 Å². The van der Waals surface area contributed by atoms with E-state index in [0.717, 1.165) is 21.8 Å². The van der Waals surface area contributed by atoms with Gasteiger partial charge < -0.3 is 10.6 Å². The van der Waals surface area contributed by atoms with Gasteiger partial charge in [0, 0.05) is 24.5 Å². The predicted octanol–water partition coefficient (Wildman–Crippen LogP) is 4.12. The Labute approximate surface area is 156 Å². The monoisotopic (exact) mass is 368 g/mol. The maximum Gasteiger partial charge on any atom is 0.191 e. The average molecular weight is 368 g/mol. The van der Waals surface area contributed by atoms with Crippen LogP contribution in [0.4, 0.5) is 4.39 Å². The van der Waals surface area contributed by atoms with E-state index in [0.29, 0.717) is 24.6 Å². The van der Waals surface area contributed by atoms with Gasteiger partial charge in [-0.2, -0.15) is 0 Å². The third kappa shape index (κ3) is 4.67. The molecule has 0 saturated carbocycles. The van der Waals surface area contributed by atoms with Gasteiger partial charge in [-0.15, -0.1) is 11.3 Å². The van der Waals surface area contributed by atoms with Crippen LogP contribution in [0.25, 0.3) is 10.6 Å². The fourth-order valence-corrected chi connectivity index (χ4v) is 3.25. The summed E-state index contributed by atoms with van der Waals surface area (Å²) in [5, 5.41) is 9.47. The third-order valence-corrected chi connectivity index (χ3v) is 4.87. The molecule has 0 fully saturated rings. The number of aryl methyl sites for hydroxylation is 1. The van der Waals surface area contributed by atoms with Gasteiger partial charge in [0.15, 0.2) is 5.96 Å². The molecule has 1 aromatic heterocycles. The van der Waals surface area contributed by atoms with Crippen LogP contribution < -0.4 is 10.6 Å². The zero-order chi connectivity index (χ0) is 18.4. The van der Waals surface area contributed by atoms with Crippen LogP contribution in [-0.4, -0.2) is 18.0 Å². The van der Waals surface area contributed by atoms with Crippen LogP contribution in [0, 0.1) is 12.7 Å². The lowest BCUT2D eigenvalue weighted by Gasteiger charge is -2.11. The minimum Gasteiger partial charge on any atom is -0.352 e. The Kier molecular flexibility index (Phi) is 5.96. The molecule has 2 aromatic carbocycles. The summed E-state index contributed by atoms with van der Waals surface area (Å²) in [6, 6.07) is 15.3. The standard InChI is InChI=1S/C20H21FN4S/c1-14-8-9-15(10-18(14)21)11-23-20(22-2)24-12-17-13-26-19(25-17)16-6-4-3-5-7-16/h3-10,13H,11-12H2,1-2H3,(H2,22,23,24). The SMILES string of the molecule is CN=C(NCc1ccc(C)c(F)c1)NCc1csc(-c2ccccc2)n1. The fraction of sp³-hybridized carbons (Fsp3) is 0.200. The normalized spacial score (nSPS) is 11.4. The summed E-state index contributed by atoms with van der Waals surface area (Å²) in [6.45, 7) is 2.83. The number of rotatable bonds is 5. The first-order chi connectivity index (χ1) is 12.7. The Morgan fingerprint density at radius 3 is 2.62 bits per heavy atom. The maximum absolute atomic E-state index is 13.6. The van der Waals surface area contributed by atoms with Gasteiger partial charge in [-0.3, -0.25) is 4.99 Å². The quantitative estimate of drug-likeness (QED) is 0.526. The van der Waals surface area contributed by atoms with Crippen molar-refractivity contribution in [2.75, 3.05) is 7.05 Å². The molecule has 0 saturated heterocycles. The number of aliphatic imine (C=N–C) groups is 1. The number of hydrogen-bond acceptors (Lipinski definition) is 3. The van der Waals surface area contributed by atoms with E-state index < -0.39 is 0 Å². The molecular weight excluding hydrogens is 347 g/mol. The van der Waals surface area contributed by atoms with E-state index in [1.54, 1.807) is 37.4 Å². The van der Waals surface area contributed by atoms with Gasteiger partial charge >= 0.3 is 0 Å². The first kappa shape index (κ1) is 18.1. The van der Waals surface area contributed by atoms with Crippen molar-refractivity contribution in [3.8, 4) is 10.6 Å². The van der Waals surface area contributed by atoms with E-state index >= 15 is 0 Å². The summed E-state index contributed by atoms with van der Waals surface area (Å²) in [5.41, 5.74) is 3.59. The summed E-state index contributed by atoms with van der Waals surface area (Å²) >= 11 is 1.62. The lowest BCUT2D eigenvalue weighted by Crippen LogP contribution is -2.36. The molecule has 2 N–H and O–H groups in total. The fourth-order valence-electron chi connectivity index (χ4n) is 2.43. The number of thiazole rings is 1. The highest BCUT2D eigenvalue weighted by molar-refractivity contribution is 7.13. The molecule has 0 radical (unpaired) electrons. The van der Waals surface area contributed by atoms with Crippen LogP contribution in [-0.2, 0) is 13.1 Å². The molecule has 134 valence electrons. The number of benzene rings is 2. The van der Waals surface area contributed by atoms with Crippen molar-refractivity contribution in [1.29, 1.82) is 0 Å². The first-order valence-electron chi connectivity index (χ1n) is 8.35. The summed E-state index contributed by atoms with van der Waals surface area (Å²) in [5.74, 6) is 0.461. The molecule has 0 aliphatic rings. The molecule has 0 aliphatic carbocycles. The Balaban J connectivity index is 1.54. The van der Waals surface area contributed by atoms with Crippen LogP contribution in [0.1, 0.15) is 16.8 Å². The Hall–Kier alpha value is -2.73. The minimum absolute atomic E-state index is 0.192. The molecule has 0 unspecified atom stereocenters. The van der Waals surface area contributed by atoms with Crippen molar-refractivity contribution in [3.63, 3.8) is 0 Å². The Morgan fingerprint density at radius 2 is 1.88 bits per heavy atom. The molecule has 3 aromatic rings. The average Bonchev–Trinajstić information content (AvgIpc) is 3.14. The molecule has 0 amide bonds. The summed E-state index contributed by atoms with van der Waals surface area (Å²) < 4.78 is 13.6. The van der Waals surface area contributed by atoms with Gasteiger partial charge in [0.2, 0.25) is 0 Å². The van der Waals surface area contributed by atoms with Crippen molar-refractivity contribution in [1.82, 2.24) is 15.6 Å². The predicted molar refractivity (Wildman–Crippen MR) is 106 cm³/mol. The van der Waals surface area contributed by atoms with Crippen molar-refractivity contribution >= 4 is 17.3 Å². The van der Waals surface area contributed by atoms with Gasteiger partial charge in [-0.05, 0) is 24.1 Å². The molecule has 1 heterocycles. The minimum atomic E-state index is -0.192. The number of guanidine groups is 1. The highest BCUT2D eigenvalue weighted by atomic mass is 32.1. The molecular formula is C20H21FN4S. The van der Waals surface area contributed by atoms with Crippen molar-refractivity contribution < 1.29 is 4.39 Å². The lowest BCUT2D eigenvalue weighted by atomic mass is 10.1. The maximum atomic E-state index is 13.6. The second kappa shape index (κ2) is 8.58. The summed E-state index contributed by atoms with van der Waals surface area (Å²) in [6.07, 6.45) is 0. The van der Waals surface area contributed by atoms with Crippen LogP contribution in [0.15, 0.2) is 58.9 Å². The second-order valence-electron chi connectivity index (χ2n) is 5.87. The van der Waals surface area contributed by atoms with Gasteiger partial charge in [0.05, 0.1) is 12.2 Å². The number of halogens is 1. The second-order valence-corrected chi connectivity index (χ2v) is 6.73. The molecule has 0 spiro atoms. The van der Waals surface area contributed by atoms with Gasteiger partial charge in [-0.1, -0.05) is 42.5 Å². The molecule has 6 heteroatoms. The molecule has 0 aliphatic heterocycles. The lowest BCUT2D eigenvalue weighted by molar-refractivity contribution is 0.615. The largest absolute Gasteiger partial charge is 0.352 e. The molecule has 4 nitrogen and oxygen atoms in total. The Morgan fingerprint density at radius 1 is 1.12 bits per heavy atom. The van der Waals surface area contributed by atoms with Gasteiger partial charge in [0.25, 0.3) is 0 Å². The Bertz CT molecular complexity index is 890. The van der Waals surface area contributed by atoms with E-state index in [9.17, 15) is 4.39 Å². The van der Waals surface area contributed by atoms with Gasteiger partial charge in [0.1, 0.15) is 10.8 Å². The number of hydrogen-bond donors (Lipinski definition) is 2. The van der Waals surface area contributed by atoms with Crippen LogP contribution in [0.2, 0.25) is 0 Å². The topological polar surface area (TPSA) is 49.3 Å². The number of aromatic nitrogens is 1. The first-order valence-corrected chi connectivity index (χ1v) is 9.23. The van der Waals surface area contributed by atoms with E-state index in [4.69, 9.17) is 0 Å². The number of nitrogens with one attached hydrogen (secondary N) is 2. The van der Waals surface area contributed by atoms with Crippen LogP contribution in [0.5, 0.6) is 0 Å². The molecule has 3 rings (SSSR count). The van der Waals surface area contributed by atoms with E-state index in [-0.39, 0.29) is 5.82 Å². The molecule has 26 heavy (non-hydrogen) atoms. The highest BCUT2D eigenvalue weighted by Gasteiger charge is 2.06. The van der Waals surface area contributed by atoms with E-state index in [2.05, 4.69) is 32.7 Å². The number of nitrogens with zero attached hydrogens (tertiary/aromatic N) is 2. The van der Waals surface area contributed by atoms with E-state index in [1.807, 2.05) is 29.6 Å². The molecule has 0 bridgehead atoms. The zero-order valence-electron chi connectivity index (χ0n) is 14.8. The summed E-state index contributed by atoms with van der Waals surface area (Å²) in [4.78, 5) is 8.85. The van der Waals surface area contributed by atoms with Crippen molar-refractivity contribution in [2.45, 2.75) is 20.0 Å². The summed E-state index contributed by atoms with van der Waals surface area (Å²) in [7, 11) is 1.71. The molecule has 0 atom stereocenters. The van der Waals surface area contributed by atoms with Gasteiger partial charge in [-0.25, -0.2) is 9.37 Å². The highest BCUT2D eigenvalue weighted by Crippen LogP contribution is 2.23. The van der Waals surface area contributed by atoms with Crippen molar-refractivity contribution in [2.24, 2.45) is 4.99 Å². The van der Waals surface area contributed by atoms with Crippen LogP contribution in [0.3, 0.4) is 0 Å².